The van der Waals surface area contributed by atoms with Crippen LogP contribution in [0, 0.1) is 6.92 Å². The van der Waals surface area contributed by atoms with E-state index < -0.39 is 6.50 Å². The highest BCUT2D eigenvalue weighted by Gasteiger charge is 1.97. The van der Waals surface area contributed by atoms with Gasteiger partial charge in [0.1, 0.15) is 0 Å². The summed E-state index contributed by atoms with van der Waals surface area (Å²) >= 11 is 3.40. The summed E-state index contributed by atoms with van der Waals surface area (Å²) in [4.78, 5) is 1.57. The van der Waals surface area contributed by atoms with Crippen molar-refractivity contribution >= 4 is 15.9 Å². The van der Waals surface area contributed by atoms with Gasteiger partial charge in [0.05, 0.1) is 0 Å². The first-order chi connectivity index (χ1) is 6.35. The van der Waals surface area contributed by atoms with Crippen LogP contribution in [0.25, 0.3) is 0 Å². The van der Waals surface area contributed by atoms with E-state index in [4.69, 9.17) is 2.74 Å². The fraction of sp³-hybridized carbons (Fsp3) is 0.400. The Bertz CT molecular complexity index is 337. The molecule has 0 aliphatic rings. The van der Waals surface area contributed by atoms with Gasteiger partial charge in [-0.25, -0.2) is 0 Å². The molecule has 0 saturated carbocycles. The highest BCUT2D eigenvalue weighted by atomic mass is 79.9. The smallest absolute Gasteiger partial charge is 0.0481 e. The normalized spacial score (nSPS) is 14.4. The largest absolute Gasteiger partial charge is 0.305 e. The monoisotopic (exact) mass is 229 g/mol. The molecule has 0 aromatic heterocycles. The van der Waals surface area contributed by atoms with Crippen LogP contribution in [-0.4, -0.2) is 19.0 Å². The fourth-order valence-electron chi connectivity index (χ4n) is 0.972. The van der Waals surface area contributed by atoms with Crippen molar-refractivity contribution in [1.82, 2.24) is 4.90 Å². The minimum atomic E-state index is -1.41. The van der Waals surface area contributed by atoms with Crippen LogP contribution in [0.5, 0.6) is 0 Å². The van der Waals surface area contributed by atoms with Crippen LogP contribution in [0.4, 0.5) is 0 Å². The number of halogens is 1. The summed E-state index contributed by atoms with van der Waals surface area (Å²) in [6.45, 7) is 0.546. The van der Waals surface area contributed by atoms with Gasteiger partial charge in [0.2, 0.25) is 0 Å². The number of nitrogens with zero attached hydrogens (tertiary/aromatic N) is 1. The molecule has 1 rings (SSSR count). The fourth-order valence-corrected chi connectivity index (χ4v) is 1.22. The van der Waals surface area contributed by atoms with Crippen LogP contribution in [0.15, 0.2) is 22.7 Å². The van der Waals surface area contributed by atoms with Crippen molar-refractivity contribution in [1.29, 1.82) is 0 Å². The van der Waals surface area contributed by atoms with E-state index in [2.05, 4.69) is 15.9 Å². The van der Waals surface area contributed by atoms with E-state index in [1.54, 1.807) is 25.1 Å². The lowest BCUT2D eigenvalue weighted by Gasteiger charge is -2.10. The van der Waals surface area contributed by atoms with E-state index in [9.17, 15) is 0 Å². The first-order valence-corrected chi connectivity index (χ1v) is 4.59. The molecule has 1 aromatic carbocycles. The number of benzene rings is 1. The molecule has 0 bridgehead atoms. The van der Waals surface area contributed by atoms with Crippen LogP contribution in [-0.2, 0) is 6.50 Å². The maximum Gasteiger partial charge on any atom is 0.0481 e. The van der Waals surface area contributed by atoms with Gasteiger partial charge in [0.25, 0.3) is 0 Å². The average molecular weight is 230 g/mol. The lowest BCUT2D eigenvalue weighted by Crippen LogP contribution is -2.10. The second kappa shape index (κ2) is 4.06. The van der Waals surface area contributed by atoms with Crippen LogP contribution < -0.4 is 0 Å². The molecule has 2 heteroatoms. The number of hydrogen-bond acceptors (Lipinski definition) is 1. The van der Waals surface area contributed by atoms with Crippen molar-refractivity contribution in [2.45, 2.75) is 13.4 Å². The predicted molar refractivity (Wildman–Crippen MR) is 56.3 cm³/mol. The molecule has 0 fully saturated rings. The minimum absolute atomic E-state index is 0.684. The van der Waals surface area contributed by atoms with Crippen molar-refractivity contribution in [2.24, 2.45) is 0 Å². The van der Waals surface area contributed by atoms with Crippen molar-refractivity contribution < 1.29 is 2.74 Å². The van der Waals surface area contributed by atoms with Gasteiger partial charge >= 0.3 is 0 Å². The maximum absolute atomic E-state index is 7.87. The number of rotatable bonds is 2. The Morgan fingerprint density at radius 1 is 1.50 bits per heavy atom. The van der Waals surface area contributed by atoms with Gasteiger partial charge in [-0.3, -0.25) is 0 Å². The summed E-state index contributed by atoms with van der Waals surface area (Å²) in [5, 5.41) is 0. The van der Waals surface area contributed by atoms with Gasteiger partial charge in [-0.05, 0) is 38.2 Å². The maximum atomic E-state index is 7.87. The zero-order valence-electron chi connectivity index (χ0n) is 9.56. The van der Waals surface area contributed by atoms with Gasteiger partial charge in [0.15, 0.2) is 0 Å². The molecular formula is C10H14BrN. The highest BCUT2D eigenvalue weighted by molar-refractivity contribution is 9.10. The van der Waals surface area contributed by atoms with Crippen LogP contribution in [0.1, 0.15) is 13.9 Å². The van der Waals surface area contributed by atoms with Gasteiger partial charge in [0, 0.05) is 13.7 Å². The second-order valence-electron chi connectivity index (χ2n) is 2.97. The van der Waals surface area contributed by atoms with E-state index in [1.807, 2.05) is 19.1 Å². The molecule has 0 aliphatic heterocycles. The number of hydrogen-bond donors (Lipinski definition) is 0. The zero-order chi connectivity index (χ0) is 10.9. The zero-order valence-corrected chi connectivity index (χ0v) is 9.14. The lowest BCUT2D eigenvalue weighted by molar-refractivity contribution is 0.402. The molecule has 0 spiro atoms. The van der Waals surface area contributed by atoms with Crippen molar-refractivity contribution in [3.63, 3.8) is 0 Å². The van der Waals surface area contributed by atoms with E-state index >= 15 is 0 Å². The quantitative estimate of drug-likeness (QED) is 0.755. The highest BCUT2D eigenvalue weighted by Crippen LogP contribution is 2.17. The van der Waals surface area contributed by atoms with Gasteiger partial charge in [-0.15, -0.1) is 0 Å². The van der Waals surface area contributed by atoms with E-state index in [-0.39, 0.29) is 0 Å². The Labute approximate surface area is 85.3 Å². The Balaban J connectivity index is 3.14. The van der Waals surface area contributed by atoms with Crippen LogP contribution in [0.3, 0.4) is 0 Å². The van der Waals surface area contributed by atoms with Gasteiger partial charge in [-0.1, -0.05) is 28.1 Å². The molecule has 0 unspecified atom stereocenters. The summed E-state index contributed by atoms with van der Waals surface area (Å²) in [5.41, 5.74) is 1.73. The van der Waals surface area contributed by atoms with E-state index in [1.165, 1.54) is 0 Å². The molecule has 0 heterocycles. The predicted octanol–water partition coefficient (Wildman–Crippen LogP) is 2.82. The molecule has 0 N–H and O–H groups in total. The van der Waals surface area contributed by atoms with Gasteiger partial charge in [-0.2, -0.15) is 0 Å². The Kier molecular flexibility index (Phi) is 2.40. The molecule has 0 atom stereocenters. The molecule has 0 amide bonds. The Morgan fingerprint density at radius 2 is 2.17 bits per heavy atom. The number of aryl methyl sites for hydroxylation is 1. The third-order valence-electron chi connectivity index (χ3n) is 1.51. The van der Waals surface area contributed by atoms with Crippen molar-refractivity contribution in [2.75, 3.05) is 14.1 Å². The molecule has 0 radical (unpaired) electrons. The van der Waals surface area contributed by atoms with Gasteiger partial charge < -0.3 is 4.90 Å². The minimum Gasteiger partial charge on any atom is -0.305 e. The molecule has 12 heavy (non-hydrogen) atoms. The summed E-state index contributed by atoms with van der Waals surface area (Å²) in [7, 11) is 3.47. The molecule has 1 aromatic rings. The standard InChI is InChI=1S/C10H14BrN/c1-8-6-9(7-12(2)3)4-5-10(8)11/h4-6H,7H2,1-3H3/i7D2. The second-order valence-corrected chi connectivity index (χ2v) is 3.82. The molecule has 0 aliphatic carbocycles. The van der Waals surface area contributed by atoms with Crippen molar-refractivity contribution in [3.8, 4) is 0 Å². The topological polar surface area (TPSA) is 3.24 Å². The first-order valence-electron chi connectivity index (χ1n) is 4.80. The van der Waals surface area contributed by atoms with Crippen molar-refractivity contribution in [3.05, 3.63) is 33.8 Å². The SMILES string of the molecule is [2H]C([2H])(c1ccc(Br)c(C)c1)N(C)C. The van der Waals surface area contributed by atoms with Crippen LogP contribution >= 0.6 is 15.9 Å². The average Bonchev–Trinajstić information content (AvgIpc) is 2.09. The van der Waals surface area contributed by atoms with Crippen LogP contribution in [0.2, 0.25) is 0 Å². The van der Waals surface area contributed by atoms with E-state index in [0.29, 0.717) is 5.56 Å². The summed E-state index contributed by atoms with van der Waals surface area (Å²) in [6.07, 6.45) is 0. The Hall–Kier alpha value is -0.340. The summed E-state index contributed by atoms with van der Waals surface area (Å²) < 4.78 is 16.7. The summed E-state index contributed by atoms with van der Waals surface area (Å²) in [6, 6.07) is 5.55. The molecule has 1 nitrogen and oxygen atoms in total. The lowest BCUT2D eigenvalue weighted by atomic mass is 10.1. The third kappa shape index (κ3) is 2.61. The molecule has 0 saturated heterocycles. The summed E-state index contributed by atoms with van der Waals surface area (Å²) in [5.74, 6) is 0. The molecule has 66 valence electrons. The van der Waals surface area contributed by atoms with E-state index in [0.717, 1.165) is 10.0 Å². The Morgan fingerprint density at radius 3 is 2.67 bits per heavy atom. The third-order valence-corrected chi connectivity index (χ3v) is 2.40. The molecular weight excluding hydrogens is 214 g/mol. The first kappa shape index (κ1) is 7.10.